The van der Waals surface area contributed by atoms with Crippen LogP contribution in [0.2, 0.25) is 10.0 Å². The molecule has 1 aliphatic heterocycles. The number of amides is 2. The van der Waals surface area contributed by atoms with Gasteiger partial charge >= 0.3 is 0 Å². The Morgan fingerprint density at radius 2 is 1.92 bits per heavy atom. The predicted molar refractivity (Wildman–Crippen MR) is 102 cm³/mol. The molecule has 7 heteroatoms. The van der Waals surface area contributed by atoms with Gasteiger partial charge in [0.25, 0.3) is 5.91 Å². The van der Waals surface area contributed by atoms with Crippen LogP contribution in [-0.4, -0.2) is 41.6 Å². The van der Waals surface area contributed by atoms with Gasteiger partial charge in [-0.3, -0.25) is 14.4 Å². The number of likely N-dealkylation sites (tertiary alicyclic amines) is 1. The molecule has 26 heavy (non-hydrogen) atoms. The van der Waals surface area contributed by atoms with Crippen molar-refractivity contribution in [1.29, 1.82) is 0 Å². The zero-order valence-corrected chi connectivity index (χ0v) is 16.6. The van der Waals surface area contributed by atoms with Gasteiger partial charge in [0.1, 0.15) is 5.92 Å². The lowest BCUT2D eigenvalue weighted by Gasteiger charge is -2.25. The Bertz CT molecular complexity index is 689. The molecular formula is C19H24Cl2N2O3. The molecule has 0 bridgehead atoms. The SMILES string of the molecule is CCC(CC)N1CC(C(=O)NCCCc2ccc(Cl)c(Cl)c2)C(=O)C1=O. The topological polar surface area (TPSA) is 66.5 Å². The molecule has 1 heterocycles. The molecule has 1 aromatic carbocycles. The Labute approximate surface area is 164 Å². The minimum Gasteiger partial charge on any atom is -0.355 e. The van der Waals surface area contributed by atoms with Crippen LogP contribution in [0.25, 0.3) is 0 Å². The van der Waals surface area contributed by atoms with E-state index < -0.39 is 17.6 Å². The third-order valence-electron chi connectivity index (χ3n) is 4.79. The van der Waals surface area contributed by atoms with Crippen LogP contribution < -0.4 is 5.32 Å². The molecule has 0 aliphatic carbocycles. The highest BCUT2D eigenvalue weighted by Crippen LogP contribution is 2.23. The molecule has 5 nitrogen and oxygen atoms in total. The number of carbonyl (C=O) groups excluding carboxylic acids is 3. The Kier molecular flexibility index (Phi) is 7.47. The Morgan fingerprint density at radius 3 is 2.54 bits per heavy atom. The highest BCUT2D eigenvalue weighted by molar-refractivity contribution is 6.42. The Balaban J connectivity index is 1.83. The van der Waals surface area contributed by atoms with Crippen molar-refractivity contribution in [3.05, 3.63) is 33.8 Å². The molecule has 0 aromatic heterocycles. The van der Waals surface area contributed by atoms with Crippen LogP contribution in [0.15, 0.2) is 18.2 Å². The van der Waals surface area contributed by atoms with E-state index in [4.69, 9.17) is 23.2 Å². The van der Waals surface area contributed by atoms with Crippen LogP contribution in [0.1, 0.15) is 38.7 Å². The fraction of sp³-hybridized carbons (Fsp3) is 0.526. The number of nitrogens with zero attached hydrogens (tertiary/aromatic N) is 1. The molecule has 1 fully saturated rings. The molecule has 0 radical (unpaired) electrons. The summed E-state index contributed by atoms with van der Waals surface area (Å²) in [7, 11) is 0. The van der Waals surface area contributed by atoms with Crippen LogP contribution >= 0.6 is 23.2 Å². The maximum atomic E-state index is 12.3. The summed E-state index contributed by atoms with van der Waals surface area (Å²) in [6.07, 6.45) is 2.98. The van der Waals surface area contributed by atoms with E-state index in [-0.39, 0.29) is 18.5 Å². The number of halogens is 2. The van der Waals surface area contributed by atoms with Crippen molar-refractivity contribution in [2.24, 2.45) is 5.92 Å². The summed E-state index contributed by atoms with van der Waals surface area (Å²) in [6.45, 7) is 4.56. The van der Waals surface area contributed by atoms with Gasteiger partial charge in [-0.1, -0.05) is 43.1 Å². The second-order valence-corrected chi connectivity index (χ2v) is 7.30. The van der Waals surface area contributed by atoms with Gasteiger partial charge in [0.2, 0.25) is 11.7 Å². The van der Waals surface area contributed by atoms with E-state index >= 15 is 0 Å². The normalized spacial score (nSPS) is 17.3. The summed E-state index contributed by atoms with van der Waals surface area (Å²) in [6, 6.07) is 5.45. The van der Waals surface area contributed by atoms with E-state index in [1.165, 1.54) is 0 Å². The first kappa shape index (κ1) is 20.7. The molecule has 2 amide bonds. The van der Waals surface area contributed by atoms with Crippen molar-refractivity contribution < 1.29 is 14.4 Å². The van der Waals surface area contributed by atoms with Crippen molar-refractivity contribution in [1.82, 2.24) is 10.2 Å². The highest BCUT2D eigenvalue weighted by atomic mass is 35.5. The minimum atomic E-state index is -0.895. The lowest BCUT2D eigenvalue weighted by molar-refractivity contribution is -0.143. The average molecular weight is 399 g/mol. The zero-order chi connectivity index (χ0) is 19.3. The Morgan fingerprint density at radius 1 is 1.23 bits per heavy atom. The Hall–Kier alpha value is -1.59. The van der Waals surface area contributed by atoms with E-state index in [2.05, 4.69) is 5.32 Å². The number of nitrogens with one attached hydrogen (secondary N) is 1. The summed E-state index contributed by atoms with van der Waals surface area (Å²) in [5.74, 6) is -2.40. The van der Waals surface area contributed by atoms with E-state index in [1.807, 2.05) is 19.9 Å². The smallest absolute Gasteiger partial charge is 0.291 e. The van der Waals surface area contributed by atoms with E-state index in [0.29, 0.717) is 23.0 Å². The summed E-state index contributed by atoms with van der Waals surface area (Å²) in [5, 5.41) is 3.78. The van der Waals surface area contributed by atoms with Gasteiger partial charge < -0.3 is 10.2 Å². The number of carbonyl (C=O) groups is 3. The van der Waals surface area contributed by atoms with Gasteiger partial charge in [0, 0.05) is 19.1 Å². The first-order valence-corrected chi connectivity index (χ1v) is 9.71. The van der Waals surface area contributed by atoms with Crippen molar-refractivity contribution in [3.63, 3.8) is 0 Å². The van der Waals surface area contributed by atoms with Gasteiger partial charge in [0.05, 0.1) is 10.0 Å². The van der Waals surface area contributed by atoms with Crippen LogP contribution in [0.3, 0.4) is 0 Å². The molecule has 0 saturated carbocycles. The summed E-state index contributed by atoms with van der Waals surface area (Å²) < 4.78 is 0. The fourth-order valence-corrected chi connectivity index (χ4v) is 3.54. The second kappa shape index (κ2) is 9.38. The summed E-state index contributed by atoms with van der Waals surface area (Å²) in [5.41, 5.74) is 1.03. The quantitative estimate of drug-likeness (QED) is 0.415. The average Bonchev–Trinajstić information content (AvgIpc) is 2.92. The lowest BCUT2D eigenvalue weighted by atomic mass is 10.1. The molecule has 1 saturated heterocycles. The number of hydrogen-bond donors (Lipinski definition) is 1. The number of Topliss-reactive ketones (excluding diaryl/α,β-unsaturated/α-hetero) is 1. The third-order valence-corrected chi connectivity index (χ3v) is 5.53. The van der Waals surface area contributed by atoms with E-state index in [9.17, 15) is 14.4 Å². The van der Waals surface area contributed by atoms with Gasteiger partial charge in [-0.05, 0) is 43.4 Å². The fourth-order valence-electron chi connectivity index (χ4n) is 3.22. The molecule has 1 unspecified atom stereocenters. The molecule has 1 N–H and O–H groups in total. The molecule has 1 aliphatic rings. The third kappa shape index (κ3) is 4.77. The second-order valence-electron chi connectivity index (χ2n) is 6.49. The summed E-state index contributed by atoms with van der Waals surface area (Å²) in [4.78, 5) is 38.1. The molecule has 142 valence electrons. The van der Waals surface area contributed by atoms with Gasteiger partial charge in [-0.2, -0.15) is 0 Å². The van der Waals surface area contributed by atoms with Gasteiger partial charge in [-0.15, -0.1) is 0 Å². The molecule has 1 aromatic rings. The van der Waals surface area contributed by atoms with Crippen LogP contribution in [0.4, 0.5) is 0 Å². The van der Waals surface area contributed by atoms with Crippen LogP contribution in [0, 0.1) is 5.92 Å². The van der Waals surface area contributed by atoms with Crippen molar-refractivity contribution in [2.45, 2.75) is 45.6 Å². The number of hydrogen-bond acceptors (Lipinski definition) is 3. The number of benzene rings is 1. The highest BCUT2D eigenvalue weighted by Gasteiger charge is 2.44. The van der Waals surface area contributed by atoms with Crippen molar-refractivity contribution in [3.8, 4) is 0 Å². The largest absolute Gasteiger partial charge is 0.355 e. The maximum Gasteiger partial charge on any atom is 0.291 e. The molecule has 0 spiro atoms. The summed E-state index contributed by atoms with van der Waals surface area (Å²) >= 11 is 11.9. The van der Waals surface area contributed by atoms with Crippen LogP contribution in [0.5, 0.6) is 0 Å². The standard InChI is InChI=1S/C19H24Cl2N2O3/c1-3-13(4-2)23-11-14(17(24)19(23)26)18(25)22-9-5-6-12-7-8-15(20)16(21)10-12/h7-8,10,13-14H,3-6,9,11H2,1-2H3,(H,22,25). The van der Waals surface area contributed by atoms with Crippen molar-refractivity contribution >= 4 is 40.8 Å². The predicted octanol–water partition coefficient (Wildman–Crippen LogP) is 3.26. The first-order chi connectivity index (χ1) is 12.4. The molecule has 1 atom stereocenters. The number of aryl methyl sites for hydroxylation is 1. The lowest BCUT2D eigenvalue weighted by Crippen LogP contribution is -2.38. The monoisotopic (exact) mass is 398 g/mol. The maximum absolute atomic E-state index is 12.3. The minimum absolute atomic E-state index is 0.0129. The van der Waals surface area contributed by atoms with Crippen LogP contribution in [-0.2, 0) is 20.8 Å². The van der Waals surface area contributed by atoms with Crippen molar-refractivity contribution in [2.75, 3.05) is 13.1 Å². The first-order valence-electron chi connectivity index (χ1n) is 8.95. The van der Waals surface area contributed by atoms with E-state index in [1.54, 1.807) is 17.0 Å². The van der Waals surface area contributed by atoms with Gasteiger partial charge in [-0.25, -0.2) is 0 Å². The molecule has 2 rings (SSSR count). The number of ketones is 1. The molecular weight excluding hydrogens is 375 g/mol. The number of rotatable bonds is 8. The zero-order valence-electron chi connectivity index (χ0n) is 15.1. The van der Waals surface area contributed by atoms with E-state index in [0.717, 1.165) is 24.8 Å². The van der Waals surface area contributed by atoms with Gasteiger partial charge in [0.15, 0.2) is 0 Å².